The maximum Gasteiger partial charge on any atom is 0.145 e. The molecule has 10 aromatic rings. The monoisotopic (exact) mass is 714 g/mol. The Bertz CT molecular complexity index is 3170. The van der Waals surface area contributed by atoms with Crippen LogP contribution in [0.4, 0.5) is 0 Å². The first-order valence-electron chi connectivity index (χ1n) is 19.6. The van der Waals surface area contributed by atoms with Crippen LogP contribution in [0.1, 0.15) is 18.1 Å². The van der Waals surface area contributed by atoms with Crippen molar-refractivity contribution in [3.8, 4) is 50.5 Å². The second kappa shape index (κ2) is 13.1. The molecule has 0 spiro atoms. The Morgan fingerprint density at radius 3 is 1.95 bits per heavy atom. The Kier molecular flexibility index (Phi) is 7.57. The fraction of sp³-hybridized carbons (Fsp3) is 0.0556. The smallest absolute Gasteiger partial charge is 0.145 e. The first kappa shape index (κ1) is 32.4. The Balaban J connectivity index is 1.12. The van der Waals surface area contributed by atoms with Crippen LogP contribution >= 0.6 is 0 Å². The van der Waals surface area contributed by atoms with Crippen molar-refractivity contribution in [1.29, 1.82) is 0 Å². The molecule has 11 rings (SSSR count). The quantitative estimate of drug-likeness (QED) is 0.162. The van der Waals surface area contributed by atoms with Gasteiger partial charge in [-0.05, 0) is 126 Å². The lowest BCUT2D eigenvalue weighted by atomic mass is 9.83. The summed E-state index contributed by atoms with van der Waals surface area (Å²) in [6, 6.07) is 66.6. The molecule has 0 radical (unpaired) electrons. The summed E-state index contributed by atoms with van der Waals surface area (Å²) < 4.78 is 2.27. The number of allylic oxidation sites excluding steroid dienone is 1. The van der Waals surface area contributed by atoms with Crippen molar-refractivity contribution in [3.63, 3.8) is 0 Å². The molecule has 2 nitrogen and oxygen atoms in total. The molecule has 0 saturated carbocycles. The van der Waals surface area contributed by atoms with E-state index in [0.29, 0.717) is 5.92 Å². The zero-order valence-corrected chi connectivity index (χ0v) is 31.2. The average Bonchev–Trinajstić information content (AvgIpc) is 3.65. The summed E-state index contributed by atoms with van der Waals surface area (Å²) in [7, 11) is 0. The van der Waals surface area contributed by atoms with E-state index in [2.05, 4.69) is 206 Å². The minimum absolute atomic E-state index is 0.528. The normalized spacial score (nSPS) is 13.8. The summed E-state index contributed by atoms with van der Waals surface area (Å²) in [5.74, 6) is 1.47. The highest BCUT2D eigenvalue weighted by atomic mass is 15.1. The number of rotatable bonds is 5. The molecule has 0 fully saturated rings. The first-order chi connectivity index (χ1) is 27.7. The number of nitrogens with zero attached hydrogens (tertiary/aromatic N) is 2. The second-order valence-corrected chi connectivity index (χ2v) is 15.2. The summed E-state index contributed by atoms with van der Waals surface area (Å²) in [4.78, 5) is 5.13. The fourth-order valence-corrected chi connectivity index (χ4v) is 8.98. The third kappa shape index (κ3) is 5.37. The molecular formula is C54H38N2. The molecule has 2 heteroatoms. The summed E-state index contributed by atoms with van der Waals surface area (Å²) >= 11 is 0. The lowest BCUT2D eigenvalue weighted by Crippen LogP contribution is -2.03. The summed E-state index contributed by atoms with van der Waals surface area (Å²) in [5.41, 5.74) is 14.5. The molecule has 0 bridgehead atoms. The lowest BCUT2D eigenvalue weighted by Gasteiger charge is -2.21. The van der Waals surface area contributed by atoms with E-state index in [1.807, 2.05) is 0 Å². The zero-order chi connectivity index (χ0) is 37.2. The highest BCUT2D eigenvalue weighted by Crippen LogP contribution is 2.46. The van der Waals surface area contributed by atoms with Crippen LogP contribution in [-0.2, 0) is 6.42 Å². The van der Waals surface area contributed by atoms with E-state index in [4.69, 9.17) is 4.98 Å². The second-order valence-electron chi connectivity index (χ2n) is 15.2. The molecule has 0 saturated heterocycles. The number of fused-ring (bicyclic) bond motifs is 5. The van der Waals surface area contributed by atoms with E-state index in [1.165, 1.54) is 76.8 Å². The molecule has 0 aliphatic heterocycles. The van der Waals surface area contributed by atoms with Gasteiger partial charge in [-0.15, -0.1) is 0 Å². The van der Waals surface area contributed by atoms with Gasteiger partial charge >= 0.3 is 0 Å². The largest absolute Gasteiger partial charge is 0.292 e. The molecule has 1 aromatic heterocycles. The standard InChI is InChI=1S/C54H38N2/c1-35-19-20-38-24-28-43(33-44(38)31-35)53-47-16-8-7-15-46(47)52(42-27-23-36-11-5-6-12-40(36)32-42)48-30-29-41(34-49(48)53)37-21-25-39(26-22-37)54-55-50-17-9-10-18-51(50)56(54)45-13-3-2-4-14-45/h2-30,32-35H,31H2,1H3. The van der Waals surface area contributed by atoms with Crippen molar-refractivity contribution < 1.29 is 0 Å². The molecule has 1 atom stereocenters. The Labute approximate surface area is 326 Å². The number of imidazole rings is 1. The number of benzene rings is 9. The van der Waals surface area contributed by atoms with E-state index >= 15 is 0 Å². The molecule has 1 heterocycles. The summed E-state index contributed by atoms with van der Waals surface area (Å²) in [6.45, 7) is 2.31. The first-order valence-corrected chi connectivity index (χ1v) is 19.6. The van der Waals surface area contributed by atoms with Crippen molar-refractivity contribution in [2.45, 2.75) is 13.3 Å². The van der Waals surface area contributed by atoms with Gasteiger partial charge in [0, 0.05) is 11.3 Å². The van der Waals surface area contributed by atoms with Gasteiger partial charge in [-0.1, -0.05) is 165 Å². The van der Waals surface area contributed by atoms with Crippen LogP contribution in [0.3, 0.4) is 0 Å². The van der Waals surface area contributed by atoms with E-state index < -0.39 is 0 Å². The van der Waals surface area contributed by atoms with Crippen molar-refractivity contribution in [3.05, 3.63) is 199 Å². The van der Waals surface area contributed by atoms with Crippen molar-refractivity contribution in [2.24, 2.45) is 5.92 Å². The summed E-state index contributed by atoms with van der Waals surface area (Å²) in [5, 5.41) is 7.57. The maximum atomic E-state index is 5.13. The van der Waals surface area contributed by atoms with Crippen LogP contribution in [0, 0.1) is 5.92 Å². The number of hydrogen-bond acceptors (Lipinski definition) is 1. The minimum Gasteiger partial charge on any atom is -0.292 e. The third-order valence-electron chi connectivity index (χ3n) is 11.7. The predicted molar refractivity (Wildman–Crippen MR) is 237 cm³/mol. The van der Waals surface area contributed by atoms with Crippen LogP contribution in [0.5, 0.6) is 0 Å². The van der Waals surface area contributed by atoms with Crippen LogP contribution in [0.2, 0.25) is 0 Å². The third-order valence-corrected chi connectivity index (χ3v) is 11.7. The fourth-order valence-electron chi connectivity index (χ4n) is 8.98. The van der Waals surface area contributed by atoms with Crippen LogP contribution < -0.4 is 0 Å². The zero-order valence-electron chi connectivity index (χ0n) is 31.2. The SMILES string of the molecule is CC1C=Cc2ccc(-c3c4ccccc4c(-c4ccc5ccccc5c4)c4ccc(-c5ccc(-c6nc7ccccc7n6-c6ccccc6)cc5)cc34)cc2C1. The Hall–Kier alpha value is -7.03. The van der Waals surface area contributed by atoms with Crippen molar-refractivity contribution >= 4 is 49.4 Å². The highest BCUT2D eigenvalue weighted by Gasteiger charge is 2.20. The Morgan fingerprint density at radius 1 is 0.482 bits per heavy atom. The van der Waals surface area contributed by atoms with Gasteiger partial charge in [-0.2, -0.15) is 0 Å². The van der Waals surface area contributed by atoms with E-state index in [1.54, 1.807) is 0 Å². The molecule has 1 unspecified atom stereocenters. The molecule has 0 amide bonds. The van der Waals surface area contributed by atoms with Gasteiger partial charge in [-0.25, -0.2) is 4.98 Å². The van der Waals surface area contributed by atoms with Crippen LogP contribution in [-0.4, -0.2) is 9.55 Å². The van der Waals surface area contributed by atoms with Crippen molar-refractivity contribution in [2.75, 3.05) is 0 Å². The van der Waals surface area contributed by atoms with Gasteiger partial charge in [0.15, 0.2) is 0 Å². The van der Waals surface area contributed by atoms with Gasteiger partial charge in [0.2, 0.25) is 0 Å². The van der Waals surface area contributed by atoms with Crippen molar-refractivity contribution in [1.82, 2.24) is 9.55 Å². The predicted octanol–water partition coefficient (Wildman–Crippen LogP) is 14.4. The molecule has 1 aliphatic carbocycles. The van der Waals surface area contributed by atoms with Gasteiger partial charge in [-0.3, -0.25) is 4.57 Å². The molecule has 9 aromatic carbocycles. The van der Waals surface area contributed by atoms with Gasteiger partial charge in [0.05, 0.1) is 11.0 Å². The van der Waals surface area contributed by atoms with Crippen LogP contribution in [0.25, 0.3) is 99.9 Å². The number of para-hydroxylation sites is 3. The topological polar surface area (TPSA) is 17.8 Å². The van der Waals surface area contributed by atoms with E-state index in [9.17, 15) is 0 Å². The Morgan fingerprint density at radius 2 is 1.11 bits per heavy atom. The van der Waals surface area contributed by atoms with E-state index in [-0.39, 0.29) is 0 Å². The molecule has 56 heavy (non-hydrogen) atoms. The molecule has 1 aliphatic rings. The molecular weight excluding hydrogens is 677 g/mol. The number of aromatic nitrogens is 2. The minimum atomic E-state index is 0.528. The van der Waals surface area contributed by atoms with Gasteiger partial charge < -0.3 is 0 Å². The van der Waals surface area contributed by atoms with Gasteiger partial charge in [0.1, 0.15) is 5.82 Å². The summed E-state index contributed by atoms with van der Waals surface area (Å²) in [6.07, 6.45) is 5.68. The maximum absolute atomic E-state index is 5.13. The molecule has 0 N–H and O–H groups in total. The average molecular weight is 715 g/mol. The van der Waals surface area contributed by atoms with E-state index in [0.717, 1.165) is 34.5 Å². The van der Waals surface area contributed by atoms with Gasteiger partial charge in [0.25, 0.3) is 0 Å². The molecule has 264 valence electrons. The number of hydrogen-bond donors (Lipinski definition) is 0. The van der Waals surface area contributed by atoms with Crippen LogP contribution in [0.15, 0.2) is 188 Å². The lowest BCUT2D eigenvalue weighted by molar-refractivity contribution is 0.717. The highest BCUT2D eigenvalue weighted by molar-refractivity contribution is 6.22.